The van der Waals surface area contributed by atoms with Gasteiger partial charge >= 0.3 is 5.97 Å². The van der Waals surface area contributed by atoms with Crippen LogP contribution in [0.2, 0.25) is 0 Å². The van der Waals surface area contributed by atoms with E-state index in [-0.39, 0.29) is 0 Å². The third kappa shape index (κ3) is 4.43. The lowest BCUT2D eigenvalue weighted by Gasteiger charge is -2.17. The molecule has 3 nitrogen and oxygen atoms in total. The monoisotopic (exact) mass is 427 g/mol. The Morgan fingerprint density at radius 2 is 1.15 bits per heavy atom. The molecule has 0 aliphatic rings. The molecule has 1 heterocycles. The van der Waals surface area contributed by atoms with Gasteiger partial charge < -0.3 is 4.74 Å². The molecule has 5 rings (SSSR count). The minimum Gasteiger partial charge on any atom is -0.422 e. The smallest absolute Gasteiger partial charge is 0.343 e. The summed E-state index contributed by atoms with van der Waals surface area (Å²) in [4.78, 5) is 17.7. The van der Waals surface area contributed by atoms with E-state index in [4.69, 9.17) is 4.74 Å². The average molecular weight is 428 g/mol. The number of nitrogens with zero attached hydrogens (tertiary/aromatic N) is 1. The normalized spacial score (nSPS) is 10.5. The first-order chi connectivity index (χ1) is 16.3. The summed E-state index contributed by atoms with van der Waals surface area (Å²) in [5, 5.41) is 0. The summed E-state index contributed by atoms with van der Waals surface area (Å²) in [6.07, 6.45) is 1.75. The van der Waals surface area contributed by atoms with Crippen LogP contribution in [0, 0.1) is 0 Å². The van der Waals surface area contributed by atoms with Gasteiger partial charge in [-0.1, -0.05) is 84.9 Å². The minimum atomic E-state index is -0.405. The first-order valence-corrected chi connectivity index (χ1v) is 10.8. The van der Waals surface area contributed by atoms with Crippen LogP contribution >= 0.6 is 0 Å². The predicted molar refractivity (Wildman–Crippen MR) is 132 cm³/mol. The molecule has 0 unspecified atom stereocenters. The van der Waals surface area contributed by atoms with Crippen LogP contribution in [0.1, 0.15) is 10.4 Å². The molecule has 1 aromatic heterocycles. The highest BCUT2D eigenvalue weighted by molar-refractivity contribution is 5.95. The van der Waals surface area contributed by atoms with Gasteiger partial charge in [0.15, 0.2) is 0 Å². The number of carbonyl (C=O) groups is 1. The third-order valence-electron chi connectivity index (χ3n) is 5.43. The van der Waals surface area contributed by atoms with Crippen molar-refractivity contribution in [2.45, 2.75) is 0 Å². The van der Waals surface area contributed by atoms with E-state index in [1.807, 2.05) is 91.0 Å². The molecule has 3 heteroatoms. The number of benzene rings is 4. The predicted octanol–water partition coefficient (Wildman–Crippen LogP) is 7.30. The Balaban J connectivity index is 1.75. The molecule has 0 bridgehead atoms. The van der Waals surface area contributed by atoms with Crippen molar-refractivity contribution in [1.82, 2.24) is 4.98 Å². The van der Waals surface area contributed by atoms with Gasteiger partial charge in [-0.25, -0.2) is 4.79 Å². The second kappa shape index (κ2) is 9.33. The van der Waals surface area contributed by atoms with Crippen molar-refractivity contribution >= 4 is 5.97 Å². The van der Waals surface area contributed by atoms with E-state index in [0.29, 0.717) is 11.3 Å². The molecule has 5 aromatic rings. The summed E-state index contributed by atoms with van der Waals surface area (Å²) >= 11 is 0. The zero-order chi connectivity index (χ0) is 22.5. The standard InChI is InChI=1S/C30H21NO2/c32-30(24-16-8-3-9-17-24)33-29-26(23-14-6-2-7-15-23)20-25(22-12-4-1-5-13-22)21-27(29)28-18-10-11-19-31-28/h1-21H. The summed E-state index contributed by atoms with van der Waals surface area (Å²) in [7, 11) is 0. The van der Waals surface area contributed by atoms with Gasteiger partial charge in [0.05, 0.1) is 11.3 Å². The molecule has 158 valence electrons. The number of hydrogen-bond acceptors (Lipinski definition) is 3. The van der Waals surface area contributed by atoms with Crippen LogP contribution in [-0.4, -0.2) is 11.0 Å². The third-order valence-corrected chi connectivity index (χ3v) is 5.43. The maximum atomic E-state index is 13.1. The van der Waals surface area contributed by atoms with Crippen molar-refractivity contribution in [2.75, 3.05) is 0 Å². The first-order valence-electron chi connectivity index (χ1n) is 10.8. The van der Waals surface area contributed by atoms with Crippen molar-refractivity contribution < 1.29 is 9.53 Å². The van der Waals surface area contributed by atoms with Crippen molar-refractivity contribution in [1.29, 1.82) is 0 Å². The SMILES string of the molecule is O=C(Oc1c(-c2ccccc2)cc(-c2ccccc2)cc1-c1ccccn1)c1ccccc1. The van der Waals surface area contributed by atoms with Gasteiger partial charge in [-0.3, -0.25) is 4.98 Å². The molecular formula is C30H21NO2. The average Bonchev–Trinajstić information content (AvgIpc) is 2.90. The molecular weight excluding hydrogens is 406 g/mol. The van der Waals surface area contributed by atoms with Crippen molar-refractivity contribution in [3.8, 4) is 39.3 Å². The summed E-state index contributed by atoms with van der Waals surface area (Å²) in [5.41, 5.74) is 5.90. The van der Waals surface area contributed by atoms with Gasteiger partial charge in [-0.2, -0.15) is 0 Å². The summed E-state index contributed by atoms with van der Waals surface area (Å²) in [5.74, 6) is 0.0888. The number of ether oxygens (including phenoxy) is 1. The lowest BCUT2D eigenvalue weighted by molar-refractivity contribution is 0.0736. The minimum absolute atomic E-state index is 0.405. The van der Waals surface area contributed by atoms with Gasteiger partial charge in [-0.05, 0) is 53.1 Å². The molecule has 0 saturated heterocycles. The Bertz CT molecular complexity index is 1310. The molecule has 0 N–H and O–H groups in total. The molecule has 0 saturated carbocycles. The topological polar surface area (TPSA) is 39.2 Å². The van der Waals surface area contributed by atoms with Crippen molar-refractivity contribution in [3.63, 3.8) is 0 Å². The molecule has 33 heavy (non-hydrogen) atoms. The number of esters is 1. The Labute approximate surface area is 193 Å². The maximum Gasteiger partial charge on any atom is 0.343 e. The van der Waals surface area contributed by atoms with E-state index < -0.39 is 5.97 Å². The van der Waals surface area contributed by atoms with Crippen LogP contribution in [0.4, 0.5) is 0 Å². The number of carbonyl (C=O) groups excluding carboxylic acids is 1. The van der Waals surface area contributed by atoms with Gasteiger partial charge in [0, 0.05) is 17.3 Å². The number of hydrogen-bond donors (Lipinski definition) is 0. The van der Waals surface area contributed by atoms with Crippen LogP contribution in [0.5, 0.6) is 5.75 Å². The molecule has 0 amide bonds. The fraction of sp³-hybridized carbons (Fsp3) is 0. The fourth-order valence-corrected chi connectivity index (χ4v) is 3.81. The van der Waals surface area contributed by atoms with Crippen molar-refractivity contribution in [3.05, 3.63) is 133 Å². The van der Waals surface area contributed by atoms with Gasteiger partial charge in [-0.15, -0.1) is 0 Å². The zero-order valence-corrected chi connectivity index (χ0v) is 17.9. The number of rotatable bonds is 5. The molecule has 0 fully saturated rings. The second-order valence-corrected chi connectivity index (χ2v) is 7.60. The molecule has 0 aliphatic heterocycles. The number of aromatic nitrogens is 1. The van der Waals surface area contributed by atoms with Crippen LogP contribution < -0.4 is 4.74 Å². The molecule has 0 radical (unpaired) electrons. The van der Waals surface area contributed by atoms with Crippen molar-refractivity contribution in [2.24, 2.45) is 0 Å². The fourth-order valence-electron chi connectivity index (χ4n) is 3.81. The second-order valence-electron chi connectivity index (χ2n) is 7.60. The highest BCUT2D eigenvalue weighted by Crippen LogP contribution is 2.42. The van der Waals surface area contributed by atoms with Crippen LogP contribution in [-0.2, 0) is 0 Å². The van der Waals surface area contributed by atoms with Crippen LogP contribution in [0.25, 0.3) is 33.5 Å². The maximum absolute atomic E-state index is 13.1. The number of pyridine rings is 1. The van der Waals surface area contributed by atoms with Crippen LogP contribution in [0.3, 0.4) is 0 Å². The molecule has 0 atom stereocenters. The molecule has 0 aliphatic carbocycles. The lowest BCUT2D eigenvalue weighted by Crippen LogP contribution is -2.10. The van der Waals surface area contributed by atoms with Gasteiger partial charge in [0.25, 0.3) is 0 Å². The lowest BCUT2D eigenvalue weighted by atomic mass is 9.93. The highest BCUT2D eigenvalue weighted by atomic mass is 16.5. The largest absolute Gasteiger partial charge is 0.422 e. The van der Waals surface area contributed by atoms with E-state index in [1.165, 1.54) is 0 Å². The Hall–Kier alpha value is -4.50. The summed E-state index contributed by atoms with van der Waals surface area (Å²) < 4.78 is 6.08. The summed E-state index contributed by atoms with van der Waals surface area (Å²) in [6.45, 7) is 0. The van der Waals surface area contributed by atoms with Gasteiger partial charge in [0.1, 0.15) is 5.75 Å². The quantitative estimate of drug-likeness (QED) is 0.218. The molecule has 0 spiro atoms. The van der Waals surface area contributed by atoms with Gasteiger partial charge in [0.2, 0.25) is 0 Å². The molecule has 4 aromatic carbocycles. The zero-order valence-electron chi connectivity index (χ0n) is 17.9. The Morgan fingerprint density at radius 3 is 1.79 bits per heavy atom. The van der Waals surface area contributed by atoms with E-state index >= 15 is 0 Å². The van der Waals surface area contributed by atoms with E-state index in [2.05, 4.69) is 23.2 Å². The highest BCUT2D eigenvalue weighted by Gasteiger charge is 2.20. The first kappa shape index (κ1) is 20.4. The Morgan fingerprint density at radius 1 is 0.576 bits per heavy atom. The summed E-state index contributed by atoms with van der Waals surface area (Å²) in [6, 6.07) is 39.0. The van der Waals surface area contributed by atoms with E-state index in [0.717, 1.165) is 33.5 Å². The Kier molecular flexibility index (Phi) is 5.77. The van der Waals surface area contributed by atoms with E-state index in [1.54, 1.807) is 18.3 Å². The van der Waals surface area contributed by atoms with Crippen LogP contribution in [0.15, 0.2) is 128 Å². The van der Waals surface area contributed by atoms with E-state index in [9.17, 15) is 4.79 Å².